The minimum Gasteiger partial charge on any atom is -0.0683 e. The zero-order valence-corrected chi connectivity index (χ0v) is 53.8. The van der Waals surface area contributed by atoms with Gasteiger partial charge in [0.15, 0.2) is 0 Å². The molecule has 0 aliphatic heterocycles. The lowest BCUT2D eigenvalue weighted by Gasteiger charge is -2.12. The van der Waals surface area contributed by atoms with Crippen molar-refractivity contribution >= 4 is 118 Å². The molecule has 0 aliphatic rings. The van der Waals surface area contributed by atoms with Gasteiger partial charge in [-0.3, -0.25) is 0 Å². The average molecular weight is 1080 g/mol. The summed E-state index contributed by atoms with van der Waals surface area (Å²) in [7, 11) is 0. The van der Waals surface area contributed by atoms with Gasteiger partial charge in [0.2, 0.25) is 0 Å². The van der Waals surface area contributed by atoms with Gasteiger partial charge < -0.3 is 0 Å². The molecule has 0 N–H and O–H groups in total. The molecule has 0 aliphatic carbocycles. The molecule has 424 valence electrons. The lowest BCUT2D eigenvalue weighted by molar-refractivity contribution is 1.50. The molecule has 0 amide bonds. The van der Waals surface area contributed by atoms with E-state index >= 15 is 0 Å². The van der Waals surface area contributed by atoms with E-state index in [-0.39, 0.29) is 0 Å². The summed E-state index contributed by atoms with van der Waals surface area (Å²) in [6.45, 7) is 40.7. The predicted molar refractivity (Wildman–Crippen MR) is 382 cm³/mol. The molecule has 15 rings (SSSR count). The maximum absolute atomic E-state index is 2.30. The summed E-state index contributed by atoms with van der Waals surface area (Å²) in [5.41, 5.74) is 5.37. The van der Waals surface area contributed by atoms with Gasteiger partial charge >= 0.3 is 0 Å². The second-order valence-electron chi connectivity index (χ2n) is 18.3. The number of fused-ring (bicyclic) bond motifs is 3. The van der Waals surface area contributed by atoms with Gasteiger partial charge in [0, 0.05) is 0 Å². The highest BCUT2D eigenvalue weighted by Crippen LogP contribution is 2.38. The van der Waals surface area contributed by atoms with Gasteiger partial charge in [-0.25, -0.2) is 0 Å². The molecule has 0 atom stereocenters. The lowest BCUT2D eigenvalue weighted by Crippen LogP contribution is -1.85. The third kappa shape index (κ3) is 14.3. The van der Waals surface area contributed by atoms with Gasteiger partial charge in [-0.15, -0.1) is 0 Å². The van der Waals surface area contributed by atoms with E-state index in [1.165, 1.54) is 141 Å². The Bertz CT molecular complexity index is 4130. The van der Waals surface area contributed by atoms with Crippen LogP contribution in [0.1, 0.15) is 133 Å². The maximum Gasteiger partial charge on any atom is -0.00241 e. The molecule has 0 aromatic heterocycles. The van der Waals surface area contributed by atoms with Gasteiger partial charge in [-0.1, -0.05) is 335 Å². The molecule has 15 aromatic carbocycles. The van der Waals surface area contributed by atoms with E-state index in [9.17, 15) is 0 Å². The summed E-state index contributed by atoms with van der Waals surface area (Å²) >= 11 is 0. The fraction of sp³-hybridized carbons (Fsp3) is 0.244. The molecule has 0 saturated carbocycles. The van der Waals surface area contributed by atoms with E-state index in [0.717, 1.165) is 0 Å². The van der Waals surface area contributed by atoms with Gasteiger partial charge in [-0.2, -0.15) is 0 Å². The van der Waals surface area contributed by atoms with Crippen LogP contribution >= 0.6 is 0 Å². The van der Waals surface area contributed by atoms with Crippen LogP contribution < -0.4 is 0 Å². The van der Waals surface area contributed by atoms with Gasteiger partial charge in [0.25, 0.3) is 0 Å². The summed E-state index contributed by atoms with van der Waals surface area (Å²) in [5, 5.41) is 30.0. The molecule has 0 spiro atoms. The Morgan fingerprint density at radius 3 is 0.939 bits per heavy atom. The molecule has 0 nitrogen and oxygen atoms in total. The van der Waals surface area contributed by atoms with E-state index in [0.29, 0.717) is 0 Å². The van der Waals surface area contributed by atoms with Crippen molar-refractivity contribution in [2.45, 2.75) is 138 Å². The van der Waals surface area contributed by atoms with Gasteiger partial charge in [0.1, 0.15) is 0 Å². The third-order valence-corrected chi connectivity index (χ3v) is 14.0. The molecule has 0 unspecified atom stereocenters. The summed E-state index contributed by atoms with van der Waals surface area (Å²) in [4.78, 5) is 0. The monoisotopic (exact) mass is 1080 g/mol. The van der Waals surface area contributed by atoms with Crippen molar-refractivity contribution in [3.05, 3.63) is 241 Å². The van der Waals surface area contributed by atoms with Crippen LogP contribution in [0.2, 0.25) is 0 Å². The van der Waals surface area contributed by atoms with Crippen LogP contribution in [-0.4, -0.2) is 0 Å². The van der Waals surface area contributed by atoms with E-state index in [1.807, 2.05) is 111 Å². The zero-order valence-electron chi connectivity index (χ0n) is 53.8. The normalized spacial score (nSPS) is 9.95. The first-order valence-electron chi connectivity index (χ1n) is 31.1. The summed E-state index contributed by atoms with van der Waals surface area (Å²) in [5.74, 6) is 0. The first-order valence-corrected chi connectivity index (χ1v) is 31.1. The Kier molecular flexibility index (Phi) is 27.3. The molecule has 0 radical (unpaired) electrons. The average Bonchev–Trinajstić information content (AvgIpc) is 3.39. The van der Waals surface area contributed by atoms with Crippen LogP contribution in [0.5, 0.6) is 0 Å². The highest BCUT2D eigenvalue weighted by atomic mass is 14.1. The predicted octanol–water partition coefficient (Wildman–Crippen LogP) is 27.2. The molecule has 0 fully saturated rings. The first kappa shape index (κ1) is 66.5. The number of rotatable bonds is 0. The molecule has 0 heteroatoms. The Balaban J connectivity index is 0.000000217. The minimum atomic E-state index is 1.31. The minimum absolute atomic E-state index is 1.31. The Hall–Kier alpha value is -8.06. The van der Waals surface area contributed by atoms with Crippen molar-refractivity contribution in [1.82, 2.24) is 0 Å². The van der Waals surface area contributed by atoms with Crippen LogP contribution in [-0.2, 0) is 0 Å². The fourth-order valence-electron chi connectivity index (χ4n) is 10.9. The third-order valence-electron chi connectivity index (χ3n) is 14.0. The number of aryl methyl sites for hydroxylation is 4. The standard InChI is InChI=1S/3C17H12.C15H12.8C2H6/c1-11-10-14-6-2-4-12-8-9-13-5-3-7-15(11)17(13)16(12)14;1-11-9-14-7-5-12-3-2-4-13-6-8-15(10-11)17(14)16(12)13;1-11-5-6-14-8-7-12-3-2-4-13-9-10-15(11)17(14)16(12)13;1-11-6-9-15-13(10-11)8-7-12-4-2-3-5-14(12)15;8*1-2/h3*2-10H,1H3;2-10H,1H3;8*1-2H3. The Morgan fingerprint density at radius 1 is 0.159 bits per heavy atom. The zero-order chi connectivity index (χ0) is 60.5. The van der Waals surface area contributed by atoms with E-state index in [1.54, 1.807) is 0 Å². The van der Waals surface area contributed by atoms with Crippen molar-refractivity contribution < 1.29 is 0 Å². The molecule has 0 saturated heterocycles. The van der Waals surface area contributed by atoms with Crippen LogP contribution in [0.4, 0.5) is 0 Å². The van der Waals surface area contributed by atoms with Crippen LogP contribution in [0.3, 0.4) is 0 Å². The second kappa shape index (κ2) is 33.6. The van der Waals surface area contributed by atoms with Gasteiger partial charge in [0.05, 0.1) is 0 Å². The van der Waals surface area contributed by atoms with Crippen LogP contribution in [0, 0.1) is 27.7 Å². The molecular formula is C82H96. The van der Waals surface area contributed by atoms with Crippen LogP contribution in [0.15, 0.2) is 218 Å². The van der Waals surface area contributed by atoms with E-state index in [4.69, 9.17) is 0 Å². The SMILES string of the molecule is CC.CC.CC.CC.CC.CC.CC.CC.Cc1cc2ccc3cccc4ccc(c1)c2c34.Cc1cc2cccc3ccc4cccc1c4c32.Cc1ccc2c(ccc3ccccc32)c1.Cc1ccc2ccc3cccc4ccc1c2c34. The van der Waals surface area contributed by atoms with Crippen molar-refractivity contribution in [2.24, 2.45) is 0 Å². The second-order valence-corrected chi connectivity index (χ2v) is 18.3. The molecule has 0 bridgehead atoms. The lowest BCUT2D eigenvalue weighted by atomic mass is 9.92. The topological polar surface area (TPSA) is 0 Å². The molecule has 82 heavy (non-hydrogen) atoms. The fourth-order valence-corrected chi connectivity index (χ4v) is 10.9. The summed E-state index contributed by atoms with van der Waals surface area (Å²) < 4.78 is 0. The molecule has 0 heterocycles. The highest BCUT2D eigenvalue weighted by Gasteiger charge is 2.11. The largest absolute Gasteiger partial charge is 0.0683 e. The number of hydrogen-bond acceptors (Lipinski definition) is 0. The van der Waals surface area contributed by atoms with E-state index < -0.39 is 0 Å². The van der Waals surface area contributed by atoms with Gasteiger partial charge in [-0.05, 0) is 163 Å². The maximum atomic E-state index is 2.30. The van der Waals surface area contributed by atoms with Crippen molar-refractivity contribution in [1.29, 1.82) is 0 Å². The molecular weight excluding hydrogens is 985 g/mol. The smallest absolute Gasteiger partial charge is 0.00241 e. The quantitative estimate of drug-likeness (QED) is 0.133. The van der Waals surface area contributed by atoms with Crippen molar-refractivity contribution in [2.75, 3.05) is 0 Å². The number of hydrogen-bond donors (Lipinski definition) is 0. The van der Waals surface area contributed by atoms with E-state index in [2.05, 4.69) is 246 Å². The summed E-state index contributed by atoms with van der Waals surface area (Å²) in [6.07, 6.45) is 0. The number of benzene rings is 15. The summed E-state index contributed by atoms with van der Waals surface area (Å²) in [6, 6.07) is 79.3. The Morgan fingerprint density at radius 2 is 0.427 bits per heavy atom. The first-order chi connectivity index (χ1) is 40.4. The van der Waals surface area contributed by atoms with Crippen LogP contribution in [0.25, 0.3) is 118 Å². The van der Waals surface area contributed by atoms with Crippen molar-refractivity contribution in [3.63, 3.8) is 0 Å². The molecule has 15 aromatic rings. The van der Waals surface area contributed by atoms with Crippen molar-refractivity contribution in [3.8, 4) is 0 Å². The highest BCUT2D eigenvalue weighted by molar-refractivity contribution is 6.25. The Labute approximate surface area is 494 Å².